The highest BCUT2D eigenvalue weighted by molar-refractivity contribution is 5.87. The molecule has 8 aliphatic carbocycles. The van der Waals surface area contributed by atoms with Crippen LogP contribution in [0.1, 0.15) is 104 Å². The Bertz CT molecular complexity index is 1200. The lowest BCUT2D eigenvalue weighted by molar-refractivity contribution is -0.216. The van der Waals surface area contributed by atoms with E-state index in [0.29, 0.717) is 36.5 Å². The number of halogens is 2. The SMILES string of the molecule is CCC1(OC(=O)COC(=O)CC(OC(=O)C(C)(F)F)C(=O)OCC(=O)OC2(CC)C3CC4CC(C3)CC2C4)C2CC3CC(C2)CC1C3. The molecule has 0 spiro atoms. The molecule has 262 valence electrons. The number of hydrogen-bond donors (Lipinski definition) is 0. The average molecular weight is 667 g/mol. The zero-order chi connectivity index (χ0) is 33.7. The minimum atomic E-state index is -3.97. The highest BCUT2D eigenvalue weighted by Gasteiger charge is 2.60. The molecule has 12 heteroatoms. The minimum absolute atomic E-state index is 0.237. The molecule has 10 nitrogen and oxygen atoms in total. The molecule has 0 radical (unpaired) electrons. The van der Waals surface area contributed by atoms with Gasteiger partial charge in [-0.05, 0) is 124 Å². The van der Waals surface area contributed by atoms with Crippen molar-refractivity contribution in [3.05, 3.63) is 0 Å². The summed E-state index contributed by atoms with van der Waals surface area (Å²) in [6.07, 6.45) is 8.65. The van der Waals surface area contributed by atoms with Crippen molar-refractivity contribution in [3.63, 3.8) is 0 Å². The van der Waals surface area contributed by atoms with Crippen molar-refractivity contribution in [2.45, 2.75) is 127 Å². The van der Waals surface area contributed by atoms with Crippen LogP contribution < -0.4 is 0 Å². The second kappa shape index (κ2) is 12.9. The lowest BCUT2D eigenvalue weighted by atomic mass is 9.49. The molecule has 0 amide bonds. The first kappa shape index (κ1) is 34.1. The summed E-state index contributed by atoms with van der Waals surface area (Å²) in [5.41, 5.74) is -1.24. The number of carbonyl (C=O) groups excluding carboxylic acids is 5. The molecule has 8 rings (SSSR count). The third kappa shape index (κ3) is 6.63. The number of rotatable bonds is 13. The molecule has 8 fully saturated rings. The molecule has 0 heterocycles. The zero-order valence-corrected chi connectivity index (χ0v) is 27.6. The van der Waals surface area contributed by atoms with Crippen molar-refractivity contribution < 1.29 is 56.4 Å². The van der Waals surface area contributed by atoms with Crippen LogP contribution in [0.25, 0.3) is 0 Å². The molecule has 0 aromatic carbocycles. The van der Waals surface area contributed by atoms with Crippen LogP contribution in [-0.2, 0) is 47.7 Å². The Morgan fingerprint density at radius 3 is 1.38 bits per heavy atom. The molecule has 0 N–H and O–H groups in total. The van der Waals surface area contributed by atoms with E-state index in [1.54, 1.807) is 0 Å². The predicted molar refractivity (Wildman–Crippen MR) is 159 cm³/mol. The van der Waals surface area contributed by atoms with Gasteiger partial charge >= 0.3 is 35.8 Å². The van der Waals surface area contributed by atoms with Gasteiger partial charge in [0.25, 0.3) is 0 Å². The Kier molecular flexibility index (Phi) is 9.37. The van der Waals surface area contributed by atoms with E-state index in [-0.39, 0.29) is 30.6 Å². The van der Waals surface area contributed by atoms with Crippen molar-refractivity contribution in [2.24, 2.45) is 47.3 Å². The Morgan fingerprint density at radius 2 is 1.02 bits per heavy atom. The highest BCUT2D eigenvalue weighted by atomic mass is 19.3. The van der Waals surface area contributed by atoms with Gasteiger partial charge in [-0.1, -0.05) is 13.8 Å². The number of alkyl halides is 2. The maximum Gasteiger partial charge on any atom is 0.377 e. The molecule has 0 saturated heterocycles. The molecule has 0 aliphatic heterocycles. The molecule has 8 bridgehead atoms. The number of esters is 5. The molecular formula is C35H48F2O10. The van der Waals surface area contributed by atoms with E-state index in [1.165, 1.54) is 12.8 Å². The van der Waals surface area contributed by atoms with E-state index in [9.17, 15) is 32.8 Å². The van der Waals surface area contributed by atoms with Crippen LogP contribution in [0.2, 0.25) is 0 Å². The Morgan fingerprint density at radius 1 is 0.638 bits per heavy atom. The topological polar surface area (TPSA) is 132 Å². The molecule has 47 heavy (non-hydrogen) atoms. The first-order valence-electron chi connectivity index (χ1n) is 17.6. The summed E-state index contributed by atoms with van der Waals surface area (Å²) in [4.78, 5) is 63.4. The summed E-state index contributed by atoms with van der Waals surface area (Å²) in [6, 6.07) is 0. The van der Waals surface area contributed by atoms with Gasteiger partial charge in [0.05, 0.1) is 6.42 Å². The quantitative estimate of drug-likeness (QED) is 0.188. The van der Waals surface area contributed by atoms with Crippen LogP contribution in [0, 0.1) is 47.3 Å². The van der Waals surface area contributed by atoms with E-state index >= 15 is 0 Å². The molecule has 1 unspecified atom stereocenters. The summed E-state index contributed by atoms with van der Waals surface area (Å²) < 4.78 is 54.1. The van der Waals surface area contributed by atoms with Gasteiger partial charge in [-0.3, -0.25) is 4.79 Å². The smallest absolute Gasteiger partial charge is 0.377 e. The second-order valence-electron chi connectivity index (χ2n) is 15.4. The van der Waals surface area contributed by atoms with E-state index in [1.807, 2.05) is 13.8 Å². The zero-order valence-electron chi connectivity index (χ0n) is 27.6. The third-order valence-corrected chi connectivity index (χ3v) is 12.7. The van der Waals surface area contributed by atoms with Gasteiger partial charge in [0.1, 0.15) is 11.2 Å². The fourth-order valence-corrected chi connectivity index (χ4v) is 11.1. The molecule has 1 atom stereocenters. The van der Waals surface area contributed by atoms with Crippen molar-refractivity contribution in [1.82, 2.24) is 0 Å². The van der Waals surface area contributed by atoms with Crippen LogP contribution in [0.3, 0.4) is 0 Å². The van der Waals surface area contributed by atoms with Gasteiger partial charge < -0.3 is 23.7 Å². The molecule has 8 aliphatic rings. The Balaban J connectivity index is 1.02. The van der Waals surface area contributed by atoms with Crippen molar-refractivity contribution >= 4 is 29.8 Å². The average Bonchev–Trinajstić information content (AvgIpc) is 3.01. The largest absolute Gasteiger partial charge is 0.456 e. The first-order chi connectivity index (χ1) is 22.2. The summed E-state index contributed by atoms with van der Waals surface area (Å²) in [5, 5.41) is 0. The highest BCUT2D eigenvalue weighted by Crippen LogP contribution is 2.62. The van der Waals surface area contributed by atoms with Crippen molar-refractivity contribution in [1.29, 1.82) is 0 Å². The van der Waals surface area contributed by atoms with Crippen LogP contribution in [-0.4, -0.2) is 66.3 Å². The van der Waals surface area contributed by atoms with E-state index in [0.717, 1.165) is 51.4 Å². The summed E-state index contributed by atoms with van der Waals surface area (Å²) in [6.45, 7) is 2.67. The van der Waals surface area contributed by atoms with E-state index in [2.05, 4.69) is 4.74 Å². The summed E-state index contributed by atoms with van der Waals surface area (Å²) in [7, 11) is 0. The Hall–Kier alpha value is -2.79. The second-order valence-corrected chi connectivity index (χ2v) is 15.4. The van der Waals surface area contributed by atoms with Gasteiger partial charge in [0, 0.05) is 6.92 Å². The Labute approximate surface area is 274 Å². The van der Waals surface area contributed by atoms with Gasteiger partial charge in [0.15, 0.2) is 13.2 Å². The van der Waals surface area contributed by atoms with E-state index < -0.39 is 72.7 Å². The standard InChI is InChI=1S/C35H48F2O10/c1-4-34(23-8-19-6-20(10-23)11-24(34)9-19)46-29(39)17-43-28(38)16-27(45-32(42)33(3,36)37)31(41)44-18-30(40)47-35(5-2)25-12-21-7-22(14-25)15-26(35)13-21/h19-27H,4-18H2,1-3H3. The maximum atomic E-state index is 13.7. The molecule has 0 aromatic heterocycles. The first-order valence-corrected chi connectivity index (χ1v) is 17.6. The lowest BCUT2D eigenvalue weighted by Crippen LogP contribution is -2.59. The fraction of sp³-hybridized carbons (Fsp3) is 0.857. The van der Waals surface area contributed by atoms with Crippen molar-refractivity contribution in [2.75, 3.05) is 13.2 Å². The maximum absolute atomic E-state index is 13.7. The van der Waals surface area contributed by atoms with Gasteiger partial charge in [-0.15, -0.1) is 0 Å². The minimum Gasteiger partial charge on any atom is -0.456 e. The van der Waals surface area contributed by atoms with Crippen LogP contribution in [0.4, 0.5) is 8.78 Å². The summed E-state index contributed by atoms with van der Waals surface area (Å²) >= 11 is 0. The van der Waals surface area contributed by atoms with Gasteiger partial charge in [-0.2, -0.15) is 8.78 Å². The van der Waals surface area contributed by atoms with Crippen LogP contribution >= 0.6 is 0 Å². The lowest BCUT2D eigenvalue weighted by Gasteiger charge is -2.60. The van der Waals surface area contributed by atoms with Crippen LogP contribution in [0.15, 0.2) is 0 Å². The molecular weight excluding hydrogens is 618 g/mol. The number of hydrogen-bond acceptors (Lipinski definition) is 10. The van der Waals surface area contributed by atoms with Gasteiger partial charge in [-0.25, -0.2) is 19.2 Å². The number of ether oxygens (including phenoxy) is 5. The van der Waals surface area contributed by atoms with E-state index in [4.69, 9.17) is 18.9 Å². The monoisotopic (exact) mass is 666 g/mol. The molecule has 8 saturated carbocycles. The van der Waals surface area contributed by atoms with Gasteiger partial charge in [0.2, 0.25) is 6.10 Å². The molecule has 0 aromatic rings. The third-order valence-electron chi connectivity index (χ3n) is 12.7. The van der Waals surface area contributed by atoms with Crippen LogP contribution in [0.5, 0.6) is 0 Å². The van der Waals surface area contributed by atoms with Crippen molar-refractivity contribution in [3.8, 4) is 0 Å². The summed E-state index contributed by atoms with van der Waals surface area (Å²) in [5.74, 6) is -6.47. The normalized spacial score (nSPS) is 38.4. The predicted octanol–water partition coefficient (Wildman–Crippen LogP) is 5.33. The number of carbonyl (C=O) groups is 5. The fourth-order valence-electron chi connectivity index (χ4n) is 11.1.